The van der Waals surface area contributed by atoms with Crippen molar-refractivity contribution in [1.82, 2.24) is 10.2 Å². The van der Waals surface area contributed by atoms with Crippen molar-refractivity contribution in [3.8, 4) is 17.2 Å². The Balaban J connectivity index is 2.05. The van der Waals surface area contributed by atoms with Crippen LogP contribution in [0.15, 0.2) is 59.8 Å². The Morgan fingerprint density at radius 2 is 1.81 bits per heavy atom. The molecule has 1 heterocycles. The lowest BCUT2D eigenvalue weighted by Gasteiger charge is -2.34. The van der Waals surface area contributed by atoms with Crippen molar-refractivity contribution in [2.45, 2.75) is 13.0 Å². The summed E-state index contributed by atoms with van der Waals surface area (Å²) in [4.78, 5) is 27.0. The Morgan fingerprint density at radius 3 is 2.48 bits per heavy atom. The highest BCUT2D eigenvalue weighted by Crippen LogP contribution is 2.33. The predicted octanol–water partition coefficient (Wildman–Crippen LogP) is 3.30. The zero-order chi connectivity index (χ0) is 22.4. The van der Waals surface area contributed by atoms with Crippen molar-refractivity contribution in [3.63, 3.8) is 0 Å². The molecule has 0 aliphatic carbocycles. The normalized spacial score (nSPS) is 15.9. The van der Waals surface area contributed by atoms with Crippen LogP contribution in [0.1, 0.15) is 18.5 Å². The number of likely N-dealkylation sites (N-methyl/N-ethyl adjacent to an activating group) is 1. The lowest BCUT2D eigenvalue weighted by molar-refractivity contribution is -0.139. The second kappa shape index (κ2) is 9.88. The number of carbonyl (C=O) groups is 2. The van der Waals surface area contributed by atoms with E-state index in [1.807, 2.05) is 18.2 Å². The van der Waals surface area contributed by atoms with Gasteiger partial charge in [0.15, 0.2) is 11.5 Å². The molecule has 2 amide bonds. The van der Waals surface area contributed by atoms with Crippen LogP contribution in [0.2, 0.25) is 0 Å². The molecule has 0 aromatic heterocycles. The quantitative estimate of drug-likeness (QED) is 0.652. The standard InChI is InChI=1S/C23H26N2O6/c1-5-30-22(26)20-17(14-31-19-12-7-6-11-18(19)29-4)25(2)23(27)24-21(20)15-9-8-10-16(13-15)28-3/h6-13,21H,5,14H2,1-4H3,(H,24,27)/t21-/m1/s1. The molecule has 164 valence electrons. The van der Waals surface area contributed by atoms with Gasteiger partial charge in [-0.05, 0) is 36.8 Å². The van der Waals surface area contributed by atoms with Crippen LogP contribution in [-0.2, 0) is 9.53 Å². The highest BCUT2D eigenvalue weighted by molar-refractivity contribution is 5.95. The minimum atomic E-state index is -0.714. The Bertz CT molecular complexity index is 988. The van der Waals surface area contributed by atoms with Crippen molar-refractivity contribution in [1.29, 1.82) is 0 Å². The van der Waals surface area contributed by atoms with Crippen molar-refractivity contribution in [3.05, 3.63) is 65.4 Å². The Kier molecular flexibility index (Phi) is 7.02. The summed E-state index contributed by atoms with van der Waals surface area (Å²) in [5.74, 6) is 1.13. The number of ether oxygens (including phenoxy) is 4. The third kappa shape index (κ3) is 4.74. The number of rotatable bonds is 8. The number of amides is 2. The first-order valence-electron chi connectivity index (χ1n) is 9.84. The molecule has 0 spiro atoms. The van der Waals surface area contributed by atoms with Gasteiger partial charge in [0.25, 0.3) is 0 Å². The lowest BCUT2D eigenvalue weighted by atomic mass is 9.94. The van der Waals surface area contributed by atoms with Gasteiger partial charge in [-0.15, -0.1) is 0 Å². The van der Waals surface area contributed by atoms with Crippen LogP contribution in [0, 0.1) is 0 Å². The van der Waals surface area contributed by atoms with E-state index in [1.165, 1.54) is 4.90 Å². The maximum atomic E-state index is 13.0. The summed E-state index contributed by atoms with van der Waals surface area (Å²) in [6.07, 6.45) is 0. The second-order valence-corrected chi connectivity index (χ2v) is 6.74. The third-order valence-corrected chi connectivity index (χ3v) is 4.93. The van der Waals surface area contributed by atoms with Crippen LogP contribution in [-0.4, -0.2) is 51.4 Å². The molecule has 0 fully saturated rings. The largest absolute Gasteiger partial charge is 0.497 e. The highest BCUT2D eigenvalue weighted by atomic mass is 16.5. The zero-order valence-corrected chi connectivity index (χ0v) is 18.0. The summed E-state index contributed by atoms with van der Waals surface area (Å²) in [5.41, 5.74) is 1.40. The van der Waals surface area contributed by atoms with E-state index in [9.17, 15) is 9.59 Å². The van der Waals surface area contributed by atoms with E-state index in [4.69, 9.17) is 18.9 Å². The summed E-state index contributed by atoms with van der Waals surface area (Å²) in [6.45, 7) is 1.90. The predicted molar refractivity (Wildman–Crippen MR) is 114 cm³/mol. The molecular formula is C23H26N2O6. The maximum absolute atomic E-state index is 13.0. The van der Waals surface area contributed by atoms with Crippen LogP contribution in [0.3, 0.4) is 0 Å². The number of nitrogens with one attached hydrogen (secondary N) is 1. The fraction of sp³-hybridized carbons (Fsp3) is 0.304. The molecule has 1 aliphatic heterocycles. The lowest BCUT2D eigenvalue weighted by Crippen LogP contribution is -2.48. The summed E-state index contributed by atoms with van der Waals surface area (Å²) in [7, 11) is 4.68. The molecule has 1 atom stereocenters. The first-order chi connectivity index (χ1) is 15.0. The molecule has 1 aliphatic rings. The minimum absolute atomic E-state index is 0.0289. The number of hydrogen-bond donors (Lipinski definition) is 1. The average Bonchev–Trinajstić information content (AvgIpc) is 2.80. The van der Waals surface area contributed by atoms with Gasteiger partial charge in [-0.25, -0.2) is 9.59 Å². The minimum Gasteiger partial charge on any atom is -0.497 e. The third-order valence-electron chi connectivity index (χ3n) is 4.93. The molecule has 0 saturated carbocycles. The number of urea groups is 1. The van der Waals surface area contributed by atoms with Crippen molar-refractivity contribution in [2.24, 2.45) is 0 Å². The summed E-state index contributed by atoms with van der Waals surface area (Å²) in [6, 6.07) is 13.3. The van der Waals surface area contributed by atoms with Gasteiger partial charge in [0, 0.05) is 7.05 Å². The topological polar surface area (TPSA) is 86.3 Å². The van der Waals surface area contributed by atoms with Gasteiger partial charge in [0.1, 0.15) is 12.4 Å². The van der Waals surface area contributed by atoms with Gasteiger partial charge < -0.3 is 24.3 Å². The van der Waals surface area contributed by atoms with Crippen LogP contribution in [0.4, 0.5) is 4.79 Å². The first-order valence-corrected chi connectivity index (χ1v) is 9.84. The number of benzene rings is 2. The van der Waals surface area contributed by atoms with E-state index in [-0.39, 0.29) is 19.2 Å². The molecule has 8 heteroatoms. The van der Waals surface area contributed by atoms with Crippen molar-refractivity contribution < 1.29 is 28.5 Å². The van der Waals surface area contributed by atoms with Gasteiger partial charge in [0.05, 0.1) is 38.1 Å². The van der Waals surface area contributed by atoms with Gasteiger partial charge in [0.2, 0.25) is 0 Å². The number of para-hydroxylation sites is 2. The molecule has 0 radical (unpaired) electrons. The molecule has 0 saturated heterocycles. The molecule has 0 bridgehead atoms. The van der Waals surface area contributed by atoms with Gasteiger partial charge >= 0.3 is 12.0 Å². The SMILES string of the molecule is CCOC(=O)C1=C(COc2ccccc2OC)N(C)C(=O)N[C@@H]1c1cccc(OC)c1. The molecule has 31 heavy (non-hydrogen) atoms. The fourth-order valence-corrected chi connectivity index (χ4v) is 3.34. The van der Waals surface area contributed by atoms with E-state index in [0.29, 0.717) is 34.1 Å². The smallest absolute Gasteiger partial charge is 0.338 e. The Labute approximate surface area is 181 Å². The van der Waals surface area contributed by atoms with Crippen molar-refractivity contribution in [2.75, 3.05) is 34.5 Å². The average molecular weight is 426 g/mol. The molecule has 3 rings (SSSR count). The van der Waals surface area contributed by atoms with E-state index >= 15 is 0 Å². The Morgan fingerprint density at radius 1 is 1.06 bits per heavy atom. The fourth-order valence-electron chi connectivity index (χ4n) is 3.34. The molecule has 1 N–H and O–H groups in total. The van der Waals surface area contributed by atoms with Crippen LogP contribution in [0.25, 0.3) is 0 Å². The van der Waals surface area contributed by atoms with Gasteiger partial charge in [-0.3, -0.25) is 4.90 Å². The van der Waals surface area contributed by atoms with Crippen LogP contribution < -0.4 is 19.5 Å². The molecule has 2 aromatic rings. The number of esters is 1. The van der Waals surface area contributed by atoms with E-state index in [0.717, 1.165) is 0 Å². The van der Waals surface area contributed by atoms with E-state index in [1.54, 1.807) is 58.5 Å². The monoisotopic (exact) mass is 426 g/mol. The number of methoxy groups -OCH3 is 2. The second-order valence-electron chi connectivity index (χ2n) is 6.74. The first kappa shape index (κ1) is 22.0. The number of carbonyl (C=O) groups excluding carboxylic acids is 2. The van der Waals surface area contributed by atoms with Gasteiger partial charge in [-0.1, -0.05) is 24.3 Å². The Hall–Kier alpha value is -3.68. The zero-order valence-electron chi connectivity index (χ0n) is 18.0. The van der Waals surface area contributed by atoms with Crippen LogP contribution in [0.5, 0.6) is 17.2 Å². The van der Waals surface area contributed by atoms with Crippen LogP contribution >= 0.6 is 0 Å². The molecule has 2 aromatic carbocycles. The summed E-state index contributed by atoms with van der Waals surface area (Å²) >= 11 is 0. The van der Waals surface area contributed by atoms with Gasteiger partial charge in [-0.2, -0.15) is 0 Å². The summed E-state index contributed by atoms with van der Waals surface area (Å²) < 4.78 is 21.9. The molecule has 0 unspecified atom stereocenters. The van der Waals surface area contributed by atoms with E-state index in [2.05, 4.69) is 5.32 Å². The molecule has 8 nitrogen and oxygen atoms in total. The summed E-state index contributed by atoms with van der Waals surface area (Å²) in [5, 5.41) is 2.87. The number of hydrogen-bond acceptors (Lipinski definition) is 6. The highest BCUT2D eigenvalue weighted by Gasteiger charge is 2.37. The van der Waals surface area contributed by atoms with E-state index < -0.39 is 12.0 Å². The molecular weight excluding hydrogens is 400 g/mol. The maximum Gasteiger partial charge on any atom is 0.338 e. The van der Waals surface area contributed by atoms with Crippen molar-refractivity contribution >= 4 is 12.0 Å². The number of nitrogens with zero attached hydrogens (tertiary/aromatic N) is 1.